The molecule has 0 bridgehead atoms. The average molecular weight is 316 g/mol. The molecule has 20 heavy (non-hydrogen) atoms. The molecular formula is C12H20N4O2S2. The molecule has 3 N–H and O–H groups in total. The smallest absolute Gasteiger partial charge is 0.244 e. The van der Waals surface area contributed by atoms with E-state index in [1.807, 2.05) is 0 Å². The van der Waals surface area contributed by atoms with Crippen LogP contribution in [0.2, 0.25) is 0 Å². The lowest BCUT2D eigenvalue weighted by molar-refractivity contribution is 0.524. The topological polar surface area (TPSA) is 90.0 Å². The number of rotatable bonds is 4. The number of sulfonamides is 1. The number of nitrogens with one attached hydrogen (secondary N) is 1. The molecule has 1 fully saturated rings. The highest BCUT2D eigenvalue weighted by atomic mass is 32.2. The highest BCUT2D eigenvalue weighted by Gasteiger charge is 2.34. The molecule has 0 aromatic carbocycles. The molecule has 2 atom stereocenters. The number of aromatic nitrogens is 2. The van der Waals surface area contributed by atoms with Crippen molar-refractivity contribution in [2.45, 2.75) is 44.0 Å². The molecule has 1 saturated carbocycles. The van der Waals surface area contributed by atoms with Crippen molar-refractivity contribution in [2.24, 2.45) is 18.7 Å². The number of hydrogen-bond donors (Lipinski definition) is 2. The van der Waals surface area contributed by atoms with Crippen LogP contribution in [-0.2, 0) is 17.1 Å². The molecule has 1 aliphatic rings. The Balaban J connectivity index is 2.30. The first-order valence-corrected chi connectivity index (χ1v) is 8.45. The number of nitrogens with two attached hydrogens (primary N) is 1. The van der Waals surface area contributed by atoms with Gasteiger partial charge in [-0.1, -0.05) is 18.6 Å². The van der Waals surface area contributed by atoms with E-state index in [4.69, 9.17) is 18.0 Å². The molecule has 2 unspecified atom stereocenters. The number of aryl methyl sites for hydroxylation is 2. The van der Waals surface area contributed by atoms with E-state index in [0.717, 1.165) is 19.3 Å². The van der Waals surface area contributed by atoms with Gasteiger partial charge in [0.2, 0.25) is 10.0 Å². The van der Waals surface area contributed by atoms with E-state index in [9.17, 15) is 8.42 Å². The Hall–Kier alpha value is -0.990. The van der Waals surface area contributed by atoms with Crippen LogP contribution in [0.25, 0.3) is 0 Å². The van der Waals surface area contributed by atoms with Crippen molar-refractivity contribution < 1.29 is 8.42 Å². The average Bonchev–Trinajstić information content (AvgIpc) is 2.84. The van der Waals surface area contributed by atoms with Gasteiger partial charge >= 0.3 is 0 Å². The lowest BCUT2D eigenvalue weighted by atomic mass is 10.1. The molecular weight excluding hydrogens is 296 g/mol. The quantitative estimate of drug-likeness (QED) is 0.801. The summed E-state index contributed by atoms with van der Waals surface area (Å²) in [7, 11) is -1.87. The summed E-state index contributed by atoms with van der Waals surface area (Å²) in [6.45, 7) is 3.44. The van der Waals surface area contributed by atoms with Crippen molar-refractivity contribution in [3.8, 4) is 0 Å². The first kappa shape index (κ1) is 15.4. The van der Waals surface area contributed by atoms with Crippen LogP contribution in [0.15, 0.2) is 4.90 Å². The van der Waals surface area contributed by atoms with Gasteiger partial charge in [-0.2, -0.15) is 5.10 Å². The van der Waals surface area contributed by atoms with Gasteiger partial charge in [-0.15, -0.1) is 0 Å². The Morgan fingerprint density at radius 2 is 2.10 bits per heavy atom. The second-order valence-corrected chi connectivity index (χ2v) is 7.41. The van der Waals surface area contributed by atoms with Crippen molar-refractivity contribution in [3.63, 3.8) is 0 Å². The van der Waals surface area contributed by atoms with Gasteiger partial charge in [0.25, 0.3) is 0 Å². The molecule has 1 aliphatic carbocycles. The zero-order valence-electron chi connectivity index (χ0n) is 11.9. The molecule has 1 heterocycles. The van der Waals surface area contributed by atoms with Crippen molar-refractivity contribution in [2.75, 3.05) is 0 Å². The van der Waals surface area contributed by atoms with Gasteiger partial charge in [0.15, 0.2) is 0 Å². The third-order valence-electron chi connectivity index (χ3n) is 3.90. The summed E-state index contributed by atoms with van der Waals surface area (Å²) < 4.78 is 29.4. The summed E-state index contributed by atoms with van der Waals surface area (Å²) in [4.78, 5) is 0.642. The summed E-state index contributed by atoms with van der Waals surface area (Å²) in [6.07, 6.45) is 2.54. The van der Waals surface area contributed by atoms with E-state index in [-0.39, 0.29) is 16.9 Å². The van der Waals surface area contributed by atoms with E-state index < -0.39 is 10.0 Å². The molecule has 8 heteroatoms. The molecule has 112 valence electrons. The van der Waals surface area contributed by atoms with E-state index >= 15 is 0 Å². The van der Waals surface area contributed by atoms with Crippen molar-refractivity contribution in [3.05, 3.63) is 11.4 Å². The van der Waals surface area contributed by atoms with Gasteiger partial charge in [0.05, 0.1) is 16.4 Å². The van der Waals surface area contributed by atoms with E-state index in [0.29, 0.717) is 16.4 Å². The minimum absolute atomic E-state index is 0.0583. The summed E-state index contributed by atoms with van der Waals surface area (Å²) in [6, 6.07) is -0.212. The lowest BCUT2D eigenvalue weighted by Crippen LogP contribution is -2.41. The molecule has 0 saturated heterocycles. The fraction of sp³-hybridized carbons (Fsp3) is 0.667. The molecule has 2 rings (SSSR count). The zero-order chi connectivity index (χ0) is 15.1. The van der Waals surface area contributed by atoms with E-state index in [1.54, 1.807) is 25.6 Å². The van der Waals surface area contributed by atoms with Gasteiger partial charge in [0, 0.05) is 19.0 Å². The SMILES string of the molecule is Cc1nn(C)c(C)c1S(=O)(=O)NC1CCCC1C(N)=S. The van der Waals surface area contributed by atoms with Crippen LogP contribution in [0.3, 0.4) is 0 Å². The second-order valence-electron chi connectivity index (χ2n) is 5.29. The van der Waals surface area contributed by atoms with Crippen LogP contribution in [0, 0.1) is 19.8 Å². The first-order chi connectivity index (χ1) is 9.24. The van der Waals surface area contributed by atoms with Crippen LogP contribution in [0.5, 0.6) is 0 Å². The Morgan fingerprint density at radius 1 is 1.45 bits per heavy atom. The van der Waals surface area contributed by atoms with Crippen molar-refractivity contribution in [1.82, 2.24) is 14.5 Å². The standard InChI is InChI=1S/C12H20N4O2S2/c1-7-11(8(2)16(3)14-7)20(17,18)15-10-6-4-5-9(10)12(13)19/h9-10,15H,4-6H2,1-3H3,(H2,13,19). The van der Waals surface area contributed by atoms with E-state index in [1.165, 1.54) is 0 Å². The van der Waals surface area contributed by atoms with Gasteiger partial charge in [-0.05, 0) is 26.7 Å². The fourth-order valence-corrected chi connectivity index (χ4v) is 4.87. The predicted molar refractivity (Wildman–Crippen MR) is 80.9 cm³/mol. The second kappa shape index (κ2) is 5.42. The minimum atomic E-state index is -3.60. The lowest BCUT2D eigenvalue weighted by Gasteiger charge is -2.20. The highest BCUT2D eigenvalue weighted by molar-refractivity contribution is 7.89. The van der Waals surface area contributed by atoms with Crippen LogP contribution in [-0.4, -0.2) is 29.2 Å². The van der Waals surface area contributed by atoms with Gasteiger partial charge in [0.1, 0.15) is 4.90 Å². The molecule has 0 amide bonds. The maximum atomic E-state index is 12.6. The monoisotopic (exact) mass is 316 g/mol. The summed E-state index contributed by atoms with van der Waals surface area (Å²) in [5.41, 5.74) is 6.82. The van der Waals surface area contributed by atoms with Crippen molar-refractivity contribution in [1.29, 1.82) is 0 Å². The van der Waals surface area contributed by atoms with Crippen molar-refractivity contribution >= 4 is 27.2 Å². The maximum absolute atomic E-state index is 12.6. The van der Waals surface area contributed by atoms with Crippen LogP contribution in [0.4, 0.5) is 0 Å². The van der Waals surface area contributed by atoms with Crippen LogP contribution < -0.4 is 10.5 Å². The summed E-state index contributed by atoms with van der Waals surface area (Å²) >= 11 is 5.02. The third kappa shape index (κ3) is 2.72. The molecule has 0 spiro atoms. The molecule has 0 aliphatic heterocycles. The van der Waals surface area contributed by atoms with E-state index in [2.05, 4.69) is 9.82 Å². The van der Waals surface area contributed by atoms with Crippen LogP contribution >= 0.6 is 12.2 Å². The highest BCUT2D eigenvalue weighted by Crippen LogP contribution is 2.28. The third-order valence-corrected chi connectivity index (χ3v) is 5.94. The summed E-state index contributed by atoms with van der Waals surface area (Å²) in [5.74, 6) is -0.0583. The summed E-state index contributed by atoms with van der Waals surface area (Å²) in [5, 5.41) is 4.15. The Labute approximate surface area is 124 Å². The number of hydrogen-bond acceptors (Lipinski definition) is 4. The Kier molecular flexibility index (Phi) is 4.17. The normalized spacial score (nSPS) is 23.1. The maximum Gasteiger partial charge on any atom is 0.244 e. The zero-order valence-corrected chi connectivity index (χ0v) is 13.5. The molecule has 6 nitrogen and oxygen atoms in total. The predicted octanol–water partition coefficient (Wildman–Crippen LogP) is 0.770. The van der Waals surface area contributed by atoms with Gasteiger partial charge in [-0.25, -0.2) is 13.1 Å². The first-order valence-electron chi connectivity index (χ1n) is 6.56. The molecule has 1 aromatic heterocycles. The van der Waals surface area contributed by atoms with Gasteiger partial charge in [-0.3, -0.25) is 4.68 Å². The Bertz CT molecular complexity index is 636. The van der Waals surface area contributed by atoms with Gasteiger partial charge < -0.3 is 5.73 Å². The molecule has 0 radical (unpaired) electrons. The largest absolute Gasteiger partial charge is 0.393 e. The van der Waals surface area contributed by atoms with Crippen LogP contribution in [0.1, 0.15) is 30.7 Å². The molecule has 1 aromatic rings. The minimum Gasteiger partial charge on any atom is -0.393 e. The fourth-order valence-electron chi connectivity index (χ4n) is 2.84. The number of thiocarbonyl (C=S) groups is 1. The Morgan fingerprint density at radius 3 is 2.60 bits per heavy atom. The number of nitrogens with zero attached hydrogens (tertiary/aromatic N) is 2.